The Balaban J connectivity index is 1.58. The molecule has 3 aliphatic rings. The Morgan fingerprint density at radius 3 is 2.34 bits per heavy atom. The first-order valence-electron chi connectivity index (χ1n) is 9.14. The number of rotatable bonds is 4. The van der Waals surface area contributed by atoms with Gasteiger partial charge in [-0.05, 0) is 61.4 Å². The lowest BCUT2D eigenvalue weighted by Crippen LogP contribution is -2.51. The summed E-state index contributed by atoms with van der Waals surface area (Å²) in [5.74, 6) is -2.87. The highest BCUT2D eigenvalue weighted by Crippen LogP contribution is 2.49. The third-order valence-corrected chi connectivity index (χ3v) is 8.47. The van der Waals surface area contributed by atoms with Crippen LogP contribution in [0.25, 0.3) is 0 Å². The van der Waals surface area contributed by atoms with Gasteiger partial charge in [0.1, 0.15) is 0 Å². The topological polar surface area (TPSA) is 83.5 Å². The summed E-state index contributed by atoms with van der Waals surface area (Å²) in [6, 6.07) is 6.80. The molecule has 3 saturated carbocycles. The van der Waals surface area contributed by atoms with Crippen LogP contribution in [0.2, 0.25) is 5.02 Å². The summed E-state index contributed by atoms with van der Waals surface area (Å²) in [5.41, 5.74) is 0.0633. The number of hydrogen-bond donors (Lipinski definition) is 2. The van der Waals surface area contributed by atoms with Gasteiger partial charge in [-0.15, -0.1) is 0 Å². The van der Waals surface area contributed by atoms with Gasteiger partial charge < -0.3 is 10.4 Å². The van der Waals surface area contributed by atoms with Crippen LogP contribution < -0.4 is 5.32 Å². The van der Waals surface area contributed by atoms with Gasteiger partial charge in [0.25, 0.3) is 5.91 Å². The number of nitrogens with one attached hydrogen (secondary N) is 1. The van der Waals surface area contributed by atoms with Gasteiger partial charge in [0.05, 0.1) is 21.3 Å². The summed E-state index contributed by atoms with van der Waals surface area (Å²) in [7, 11) is -3.79. The zero-order valence-corrected chi connectivity index (χ0v) is 16.7. The number of benzene rings is 2. The fourth-order valence-corrected chi connectivity index (χ4v) is 6.60. The summed E-state index contributed by atoms with van der Waals surface area (Å²) in [6.45, 7) is 0. The van der Waals surface area contributed by atoms with Crippen molar-refractivity contribution in [2.24, 2.45) is 11.8 Å². The molecule has 3 aliphatic carbocycles. The first-order chi connectivity index (χ1) is 13.7. The summed E-state index contributed by atoms with van der Waals surface area (Å²) >= 11 is 6.13. The highest BCUT2D eigenvalue weighted by atomic mass is 35.5. The van der Waals surface area contributed by atoms with Crippen LogP contribution in [0.1, 0.15) is 29.6 Å². The minimum atomic E-state index is -3.79. The number of halogens is 3. The van der Waals surface area contributed by atoms with Gasteiger partial charge in [-0.25, -0.2) is 17.2 Å². The van der Waals surface area contributed by atoms with E-state index in [2.05, 4.69) is 5.32 Å². The molecule has 0 radical (unpaired) electrons. The molecular formula is C20H18ClF2NO4S. The largest absolute Gasteiger partial charge is 0.393 e. The molecule has 9 heteroatoms. The van der Waals surface area contributed by atoms with E-state index in [4.69, 9.17) is 11.6 Å². The molecule has 5 nitrogen and oxygen atoms in total. The van der Waals surface area contributed by atoms with E-state index in [0.717, 1.165) is 18.6 Å². The lowest BCUT2D eigenvalue weighted by Gasteiger charge is -2.49. The fraction of sp³-hybridized carbons (Fsp3) is 0.350. The molecule has 0 aromatic heterocycles. The summed E-state index contributed by atoms with van der Waals surface area (Å²) in [4.78, 5) is 12.3. The molecule has 2 N–H and O–H groups in total. The smallest absolute Gasteiger partial charge is 0.255 e. The zero-order chi connectivity index (χ0) is 20.9. The van der Waals surface area contributed by atoms with E-state index < -0.39 is 38.7 Å². The van der Waals surface area contributed by atoms with Crippen molar-refractivity contribution < 1.29 is 27.1 Å². The molecular weight excluding hydrogens is 424 g/mol. The fourth-order valence-electron chi connectivity index (χ4n) is 4.17. The van der Waals surface area contributed by atoms with Crippen molar-refractivity contribution in [1.82, 2.24) is 0 Å². The van der Waals surface area contributed by atoms with Crippen LogP contribution in [0, 0.1) is 23.5 Å². The Morgan fingerprint density at radius 1 is 1.03 bits per heavy atom. The summed E-state index contributed by atoms with van der Waals surface area (Å²) in [6.07, 6.45) is 1.12. The maximum absolute atomic E-state index is 13.3. The number of amides is 1. The third-order valence-electron chi connectivity index (χ3n) is 5.82. The van der Waals surface area contributed by atoms with Crippen LogP contribution in [0.4, 0.5) is 14.5 Å². The molecule has 2 aromatic carbocycles. The van der Waals surface area contributed by atoms with Crippen LogP contribution >= 0.6 is 11.6 Å². The highest BCUT2D eigenvalue weighted by Gasteiger charge is 2.50. The predicted molar refractivity (Wildman–Crippen MR) is 104 cm³/mol. The number of carbonyl (C=O) groups excluding carboxylic acids is 1. The van der Waals surface area contributed by atoms with E-state index >= 15 is 0 Å². The molecule has 2 unspecified atom stereocenters. The molecule has 1 amide bonds. The van der Waals surface area contributed by atoms with E-state index in [1.807, 2.05) is 0 Å². The van der Waals surface area contributed by atoms with Crippen molar-refractivity contribution in [3.63, 3.8) is 0 Å². The predicted octanol–water partition coefficient (Wildman–Crippen LogP) is 3.80. The first kappa shape index (κ1) is 20.3. The summed E-state index contributed by atoms with van der Waals surface area (Å²) in [5, 5.41) is 11.7. The Morgan fingerprint density at radius 2 is 1.72 bits per heavy atom. The molecule has 0 heterocycles. The van der Waals surface area contributed by atoms with Crippen LogP contribution in [0.5, 0.6) is 0 Å². The SMILES string of the molecule is O=C(Nc1ccc(F)c(F)c1)c1ccc(Cl)c(S(=O)(=O)C2CC3CC(C2)C3O)c1. The Kier molecular flexibility index (Phi) is 5.13. The van der Waals surface area contributed by atoms with Crippen LogP contribution in [0.15, 0.2) is 41.3 Å². The van der Waals surface area contributed by atoms with Gasteiger partial charge in [-0.1, -0.05) is 11.6 Å². The van der Waals surface area contributed by atoms with E-state index in [1.54, 1.807) is 0 Å². The first-order valence-corrected chi connectivity index (χ1v) is 11.1. The van der Waals surface area contributed by atoms with E-state index in [-0.39, 0.29) is 33.0 Å². The molecule has 2 bridgehead atoms. The van der Waals surface area contributed by atoms with Gasteiger partial charge in [-0.2, -0.15) is 0 Å². The van der Waals surface area contributed by atoms with Gasteiger partial charge >= 0.3 is 0 Å². The van der Waals surface area contributed by atoms with Crippen molar-refractivity contribution in [2.75, 3.05) is 5.32 Å². The monoisotopic (exact) mass is 441 g/mol. The van der Waals surface area contributed by atoms with E-state index in [0.29, 0.717) is 12.8 Å². The Labute approximate surface area is 171 Å². The summed E-state index contributed by atoms with van der Waals surface area (Å²) < 4.78 is 52.6. The molecule has 5 rings (SSSR count). The Hall–Kier alpha value is -2.03. The third kappa shape index (κ3) is 3.65. The van der Waals surface area contributed by atoms with Gasteiger partial charge in [0, 0.05) is 17.3 Å². The molecule has 0 saturated heterocycles. The van der Waals surface area contributed by atoms with Gasteiger partial charge in [0.2, 0.25) is 0 Å². The van der Waals surface area contributed by atoms with Crippen molar-refractivity contribution in [3.05, 3.63) is 58.6 Å². The van der Waals surface area contributed by atoms with E-state index in [1.165, 1.54) is 24.3 Å². The van der Waals surface area contributed by atoms with Crippen molar-refractivity contribution in [3.8, 4) is 0 Å². The second-order valence-electron chi connectivity index (χ2n) is 7.61. The zero-order valence-electron chi connectivity index (χ0n) is 15.1. The number of hydrogen-bond acceptors (Lipinski definition) is 4. The lowest BCUT2D eigenvalue weighted by molar-refractivity contribution is -0.0733. The lowest BCUT2D eigenvalue weighted by atomic mass is 9.63. The van der Waals surface area contributed by atoms with Crippen LogP contribution in [0.3, 0.4) is 0 Å². The molecule has 3 fully saturated rings. The van der Waals surface area contributed by atoms with Gasteiger partial charge in [0.15, 0.2) is 21.5 Å². The van der Waals surface area contributed by atoms with Gasteiger partial charge in [-0.3, -0.25) is 4.79 Å². The van der Waals surface area contributed by atoms with Crippen LogP contribution in [-0.2, 0) is 9.84 Å². The number of aliphatic hydroxyl groups is 1. The molecule has 0 aliphatic heterocycles. The molecule has 154 valence electrons. The second-order valence-corrected chi connectivity index (χ2v) is 10.2. The Bertz CT molecular complexity index is 1080. The molecule has 29 heavy (non-hydrogen) atoms. The van der Waals surface area contributed by atoms with E-state index in [9.17, 15) is 27.1 Å². The minimum absolute atomic E-state index is 0.00849. The minimum Gasteiger partial charge on any atom is -0.393 e. The van der Waals surface area contributed by atoms with Crippen molar-refractivity contribution >= 4 is 33.0 Å². The molecule has 0 spiro atoms. The highest BCUT2D eigenvalue weighted by molar-refractivity contribution is 7.92. The average Bonchev–Trinajstić information content (AvgIpc) is 2.70. The normalized spacial score (nSPS) is 25.9. The van der Waals surface area contributed by atoms with Crippen molar-refractivity contribution in [1.29, 1.82) is 0 Å². The number of carbonyl (C=O) groups is 1. The molecule has 2 aromatic rings. The molecule has 2 atom stereocenters. The quantitative estimate of drug-likeness (QED) is 0.755. The number of sulfone groups is 1. The van der Waals surface area contributed by atoms with Crippen LogP contribution in [-0.4, -0.2) is 30.8 Å². The standard InChI is InChI=1S/C20H18ClF2NO4S/c21-15-3-1-10(20(26)24-13-2-4-16(22)17(23)9-13)8-18(15)29(27,28)14-6-11-5-12(7-14)19(11)25/h1-4,8-9,11-12,14,19,25H,5-7H2,(H,24,26). The maximum atomic E-state index is 13.3. The number of aliphatic hydroxyl groups excluding tert-OH is 1. The van der Waals surface area contributed by atoms with Crippen molar-refractivity contribution in [2.45, 2.75) is 35.5 Å². The second kappa shape index (κ2) is 7.34. The maximum Gasteiger partial charge on any atom is 0.255 e. The number of anilines is 1. The number of fused-ring (bicyclic) bond motifs is 2. The average molecular weight is 442 g/mol.